The van der Waals surface area contributed by atoms with Gasteiger partial charge in [0, 0.05) is 26.5 Å². The van der Waals surface area contributed by atoms with Crippen LogP contribution in [0.3, 0.4) is 0 Å². The predicted molar refractivity (Wildman–Crippen MR) is 109 cm³/mol. The molecule has 0 aliphatic heterocycles. The molecule has 2 amide bonds. The molecule has 0 radical (unpaired) electrons. The van der Waals surface area contributed by atoms with E-state index in [4.69, 9.17) is 11.6 Å². The Bertz CT molecular complexity index is 996. The molecule has 27 heavy (non-hydrogen) atoms. The monoisotopic (exact) mass is 418 g/mol. The molecule has 3 rings (SSSR count). The number of hydrogen-bond donors (Lipinski definition) is 2. The van der Waals surface area contributed by atoms with Gasteiger partial charge in [0.1, 0.15) is 0 Å². The Hall–Kier alpha value is -2.48. The lowest BCUT2D eigenvalue weighted by Crippen LogP contribution is -2.34. The minimum Gasteiger partial charge on any atom is -0.343 e. The fraction of sp³-hybridized carbons (Fsp3) is 0.105. The number of hydrogen-bond acceptors (Lipinski definition) is 5. The molecule has 0 saturated heterocycles. The van der Waals surface area contributed by atoms with Crippen molar-refractivity contribution < 1.29 is 14.4 Å². The van der Waals surface area contributed by atoms with Crippen molar-refractivity contribution in [2.24, 2.45) is 0 Å². The van der Waals surface area contributed by atoms with Crippen molar-refractivity contribution in [3.05, 3.63) is 73.1 Å². The van der Waals surface area contributed by atoms with Crippen LogP contribution in [0.4, 0.5) is 5.69 Å². The molecule has 0 saturated carbocycles. The van der Waals surface area contributed by atoms with E-state index < -0.39 is 11.8 Å². The van der Waals surface area contributed by atoms with Crippen LogP contribution in [-0.4, -0.2) is 17.6 Å². The first-order valence-electron chi connectivity index (χ1n) is 7.95. The summed E-state index contributed by atoms with van der Waals surface area (Å²) < 4.78 is 0. The normalized spacial score (nSPS) is 10.4. The maximum Gasteiger partial charge on any atom is 0.313 e. The zero-order valence-electron chi connectivity index (χ0n) is 14.2. The Morgan fingerprint density at radius 2 is 1.89 bits per heavy atom. The minimum absolute atomic E-state index is 0.0481. The van der Waals surface area contributed by atoms with Crippen molar-refractivity contribution in [1.82, 2.24) is 5.32 Å². The topological polar surface area (TPSA) is 75.3 Å². The highest BCUT2D eigenvalue weighted by molar-refractivity contribution is 7.14. The lowest BCUT2D eigenvalue weighted by molar-refractivity contribution is -0.136. The van der Waals surface area contributed by atoms with Crippen molar-refractivity contribution in [3.63, 3.8) is 0 Å². The SMILES string of the molecule is Cc1ccc(Cl)cc1NC(=O)C(=O)NCc1ccc(C(=O)c2ccsc2)s1. The smallest absolute Gasteiger partial charge is 0.313 e. The number of ketones is 1. The summed E-state index contributed by atoms with van der Waals surface area (Å²) in [7, 11) is 0. The molecule has 0 aliphatic carbocycles. The summed E-state index contributed by atoms with van der Waals surface area (Å²) in [6.07, 6.45) is 0. The van der Waals surface area contributed by atoms with Gasteiger partial charge >= 0.3 is 11.8 Å². The molecule has 1 aromatic carbocycles. The molecule has 0 aliphatic rings. The van der Waals surface area contributed by atoms with E-state index in [0.717, 1.165) is 10.4 Å². The molecule has 2 heterocycles. The number of anilines is 1. The molecule has 138 valence electrons. The van der Waals surface area contributed by atoms with E-state index in [9.17, 15) is 14.4 Å². The third-order valence-electron chi connectivity index (χ3n) is 3.75. The highest BCUT2D eigenvalue weighted by atomic mass is 35.5. The van der Waals surface area contributed by atoms with E-state index in [0.29, 0.717) is 21.2 Å². The average molecular weight is 419 g/mol. The van der Waals surface area contributed by atoms with Crippen molar-refractivity contribution in [1.29, 1.82) is 0 Å². The van der Waals surface area contributed by atoms with E-state index in [1.165, 1.54) is 22.7 Å². The van der Waals surface area contributed by atoms with Crippen LogP contribution >= 0.6 is 34.3 Å². The summed E-state index contributed by atoms with van der Waals surface area (Å²) in [6.45, 7) is 1.98. The van der Waals surface area contributed by atoms with Crippen LogP contribution in [0.25, 0.3) is 0 Å². The summed E-state index contributed by atoms with van der Waals surface area (Å²) in [6, 6.07) is 10.3. The number of carbonyl (C=O) groups excluding carboxylic acids is 3. The number of amides is 2. The highest BCUT2D eigenvalue weighted by Gasteiger charge is 2.16. The predicted octanol–water partition coefficient (Wildman–Crippen LogP) is 4.26. The van der Waals surface area contributed by atoms with Crippen LogP contribution in [0, 0.1) is 6.92 Å². The summed E-state index contributed by atoms with van der Waals surface area (Å²) in [5.74, 6) is -1.58. The Kier molecular flexibility index (Phi) is 6.05. The van der Waals surface area contributed by atoms with Gasteiger partial charge in [-0.05, 0) is 48.2 Å². The largest absolute Gasteiger partial charge is 0.343 e. The Morgan fingerprint density at radius 1 is 1.07 bits per heavy atom. The molecule has 0 fully saturated rings. The van der Waals surface area contributed by atoms with Gasteiger partial charge in [0.2, 0.25) is 5.78 Å². The third kappa shape index (κ3) is 4.82. The van der Waals surface area contributed by atoms with Crippen LogP contribution in [0.5, 0.6) is 0 Å². The quantitative estimate of drug-likeness (QED) is 0.480. The Labute approximate surface area is 169 Å². The van der Waals surface area contributed by atoms with Gasteiger partial charge in [0.25, 0.3) is 0 Å². The molecule has 2 N–H and O–H groups in total. The van der Waals surface area contributed by atoms with Gasteiger partial charge in [-0.15, -0.1) is 11.3 Å². The first kappa shape index (κ1) is 19.3. The second kappa shape index (κ2) is 8.47. The minimum atomic E-state index is -0.772. The molecular weight excluding hydrogens is 404 g/mol. The number of halogens is 1. The number of benzene rings is 1. The Balaban J connectivity index is 1.57. The second-order valence-corrected chi connectivity index (χ2v) is 8.09. The first-order valence-corrected chi connectivity index (χ1v) is 10.1. The zero-order chi connectivity index (χ0) is 19.4. The van der Waals surface area contributed by atoms with Crippen LogP contribution in [-0.2, 0) is 16.1 Å². The van der Waals surface area contributed by atoms with Crippen LogP contribution in [0.1, 0.15) is 25.7 Å². The van der Waals surface area contributed by atoms with Gasteiger partial charge in [-0.2, -0.15) is 11.3 Å². The van der Waals surface area contributed by atoms with Crippen LogP contribution in [0.15, 0.2) is 47.2 Å². The second-order valence-electron chi connectivity index (χ2n) is 5.70. The van der Waals surface area contributed by atoms with Crippen LogP contribution in [0.2, 0.25) is 5.02 Å². The molecule has 5 nitrogen and oxygen atoms in total. The lowest BCUT2D eigenvalue weighted by atomic mass is 10.2. The molecule has 0 bridgehead atoms. The van der Waals surface area contributed by atoms with Crippen molar-refractivity contribution in [2.75, 3.05) is 5.32 Å². The highest BCUT2D eigenvalue weighted by Crippen LogP contribution is 2.22. The number of aryl methyl sites for hydroxylation is 1. The first-order chi connectivity index (χ1) is 12.9. The molecule has 8 heteroatoms. The van der Waals surface area contributed by atoms with Gasteiger partial charge in [-0.25, -0.2) is 0 Å². The lowest BCUT2D eigenvalue weighted by Gasteiger charge is -2.08. The summed E-state index contributed by atoms with van der Waals surface area (Å²) >= 11 is 8.66. The van der Waals surface area contributed by atoms with E-state index in [2.05, 4.69) is 10.6 Å². The molecule has 0 unspecified atom stereocenters. The van der Waals surface area contributed by atoms with Gasteiger partial charge < -0.3 is 10.6 Å². The molecule has 2 aromatic heterocycles. The van der Waals surface area contributed by atoms with Crippen molar-refractivity contribution in [3.8, 4) is 0 Å². The van der Waals surface area contributed by atoms with Gasteiger partial charge in [-0.1, -0.05) is 17.7 Å². The van der Waals surface area contributed by atoms with Crippen molar-refractivity contribution in [2.45, 2.75) is 13.5 Å². The van der Waals surface area contributed by atoms with Crippen molar-refractivity contribution >= 4 is 57.6 Å². The Morgan fingerprint density at radius 3 is 2.63 bits per heavy atom. The summed E-state index contributed by atoms with van der Waals surface area (Å²) in [5, 5.41) is 9.22. The number of carbonyl (C=O) groups is 3. The molecular formula is C19H15ClN2O3S2. The van der Waals surface area contributed by atoms with Crippen LogP contribution < -0.4 is 10.6 Å². The molecule has 3 aromatic rings. The average Bonchev–Trinajstić information content (AvgIpc) is 3.34. The standard InChI is InChI=1S/C19H15ClN2O3S2/c1-11-2-3-13(20)8-15(11)22-19(25)18(24)21-9-14-4-5-16(27-14)17(23)12-6-7-26-10-12/h2-8,10H,9H2,1H3,(H,21,24)(H,22,25). The van der Waals surface area contributed by atoms with E-state index in [1.54, 1.807) is 41.8 Å². The molecule has 0 atom stereocenters. The van der Waals surface area contributed by atoms with Gasteiger partial charge in [0.05, 0.1) is 11.4 Å². The maximum absolute atomic E-state index is 12.3. The number of rotatable bonds is 5. The third-order valence-corrected chi connectivity index (χ3v) is 5.75. The van der Waals surface area contributed by atoms with Gasteiger partial charge in [0.15, 0.2) is 0 Å². The van der Waals surface area contributed by atoms with E-state index in [1.807, 2.05) is 12.3 Å². The number of nitrogens with one attached hydrogen (secondary N) is 2. The molecule has 0 spiro atoms. The maximum atomic E-state index is 12.3. The fourth-order valence-corrected chi connectivity index (χ4v) is 4.00. The van der Waals surface area contributed by atoms with Gasteiger partial charge in [-0.3, -0.25) is 14.4 Å². The zero-order valence-corrected chi connectivity index (χ0v) is 16.6. The van der Waals surface area contributed by atoms with E-state index in [-0.39, 0.29) is 12.3 Å². The number of thiophene rings is 2. The summed E-state index contributed by atoms with van der Waals surface area (Å²) in [5.41, 5.74) is 1.94. The van der Waals surface area contributed by atoms with E-state index >= 15 is 0 Å². The summed E-state index contributed by atoms with van der Waals surface area (Å²) in [4.78, 5) is 37.7. The fourth-order valence-electron chi connectivity index (χ4n) is 2.29.